The number of rotatable bonds is 1. The molecule has 0 bridgehead atoms. The van der Waals surface area contributed by atoms with Crippen LogP contribution in [0.5, 0.6) is 0 Å². The predicted molar refractivity (Wildman–Crippen MR) is 62.3 cm³/mol. The summed E-state index contributed by atoms with van der Waals surface area (Å²) < 4.78 is 5.32. The van der Waals surface area contributed by atoms with Crippen molar-refractivity contribution < 1.29 is 9.53 Å². The number of ether oxygens (including phenoxy) is 1. The second-order valence-corrected chi connectivity index (χ2v) is 5.85. The van der Waals surface area contributed by atoms with E-state index in [0.29, 0.717) is 12.0 Å². The second kappa shape index (κ2) is 4.24. The largest absolute Gasteiger partial charge is 0.444 e. The van der Waals surface area contributed by atoms with Gasteiger partial charge in [-0.1, -0.05) is 0 Å². The van der Waals surface area contributed by atoms with E-state index in [1.165, 1.54) is 12.8 Å². The van der Waals surface area contributed by atoms with Crippen molar-refractivity contribution in [2.45, 2.75) is 45.3 Å². The van der Waals surface area contributed by atoms with Gasteiger partial charge in [0.15, 0.2) is 0 Å². The molecule has 0 saturated carbocycles. The molecule has 0 aromatic carbocycles. The Morgan fingerprint density at radius 3 is 2.56 bits per heavy atom. The zero-order chi connectivity index (χ0) is 11.8. The Balaban J connectivity index is 1.73. The van der Waals surface area contributed by atoms with Gasteiger partial charge in [0.25, 0.3) is 0 Å². The highest BCUT2D eigenvalue weighted by molar-refractivity contribution is 5.69. The zero-order valence-corrected chi connectivity index (χ0v) is 10.5. The van der Waals surface area contributed by atoms with Crippen LogP contribution in [0.4, 0.5) is 4.79 Å². The molecular formula is C12H22N2O2. The van der Waals surface area contributed by atoms with E-state index in [4.69, 9.17) is 4.74 Å². The summed E-state index contributed by atoms with van der Waals surface area (Å²) in [6.45, 7) is 8.55. The van der Waals surface area contributed by atoms with Crippen LogP contribution in [-0.2, 0) is 4.74 Å². The molecule has 2 aliphatic heterocycles. The number of hydrogen-bond donors (Lipinski definition) is 1. The number of nitrogens with one attached hydrogen (secondary N) is 1. The van der Waals surface area contributed by atoms with Crippen LogP contribution >= 0.6 is 0 Å². The molecule has 0 aromatic rings. The van der Waals surface area contributed by atoms with Crippen LogP contribution in [0.25, 0.3) is 0 Å². The van der Waals surface area contributed by atoms with Gasteiger partial charge in [0.05, 0.1) is 0 Å². The molecule has 2 rings (SSSR count). The monoisotopic (exact) mass is 226 g/mol. The quantitative estimate of drug-likeness (QED) is 0.738. The Hall–Kier alpha value is -0.770. The fourth-order valence-corrected chi connectivity index (χ4v) is 2.36. The van der Waals surface area contributed by atoms with Crippen LogP contribution in [0.15, 0.2) is 0 Å². The highest BCUT2D eigenvalue weighted by Gasteiger charge is 2.38. The first-order valence-electron chi connectivity index (χ1n) is 6.17. The Labute approximate surface area is 97.3 Å². The predicted octanol–water partition coefficient (Wildman–Crippen LogP) is 1.61. The van der Waals surface area contributed by atoms with Crippen LogP contribution in [-0.4, -0.2) is 42.3 Å². The van der Waals surface area contributed by atoms with Crippen molar-refractivity contribution in [1.82, 2.24) is 10.2 Å². The third-order valence-electron chi connectivity index (χ3n) is 3.23. The van der Waals surface area contributed by atoms with Crippen molar-refractivity contribution in [3.63, 3.8) is 0 Å². The summed E-state index contributed by atoms with van der Waals surface area (Å²) >= 11 is 0. The van der Waals surface area contributed by atoms with Gasteiger partial charge in [-0.3, -0.25) is 0 Å². The minimum atomic E-state index is -0.381. The third-order valence-corrected chi connectivity index (χ3v) is 3.23. The first kappa shape index (κ1) is 11.7. The lowest BCUT2D eigenvalue weighted by Gasteiger charge is -2.42. The van der Waals surface area contributed by atoms with Gasteiger partial charge in [-0.25, -0.2) is 4.79 Å². The first-order valence-corrected chi connectivity index (χ1v) is 6.17. The Bertz CT molecular complexity index is 261. The Kier molecular flexibility index (Phi) is 3.10. The van der Waals surface area contributed by atoms with Crippen molar-refractivity contribution >= 4 is 6.09 Å². The van der Waals surface area contributed by atoms with E-state index in [1.807, 2.05) is 20.8 Å². The fraction of sp³-hybridized carbons (Fsp3) is 0.917. The van der Waals surface area contributed by atoms with Crippen molar-refractivity contribution in [1.29, 1.82) is 0 Å². The van der Waals surface area contributed by atoms with Crippen molar-refractivity contribution in [3.05, 3.63) is 0 Å². The lowest BCUT2D eigenvalue weighted by Crippen LogP contribution is -2.57. The number of carbonyl (C=O) groups excluding carboxylic acids is 1. The van der Waals surface area contributed by atoms with E-state index in [2.05, 4.69) is 5.32 Å². The maximum atomic E-state index is 11.7. The smallest absolute Gasteiger partial charge is 0.410 e. The zero-order valence-electron chi connectivity index (χ0n) is 10.5. The number of amides is 1. The van der Waals surface area contributed by atoms with Gasteiger partial charge in [0.1, 0.15) is 5.60 Å². The number of nitrogens with zero attached hydrogens (tertiary/aromatic N) is 1. The van der Waals surface area contributed by atoms with Gasteiger partial charge in [-0.2, -0.15) is 0 Å². The molecule has 16 heavy (non-hydrogen) atoms. The summed E-state index contributed by atoms with van der Waals surface area (Å²) in [4.78, 5) is 13.5. The molecular weight excluding hydrogens is 204 g/mol. The molecule has 1 N–H and O–H groups in total. The Morgan fingerprint density at radius 2 is 2.06 bits per heavy atom. The summed E-state index contributed by atoms with van der Waals surface area (Å²) in [6.07, 6.45) is 2.36. The van der Waals surface area contributed by atoms with Gasteiger partial charge >= 0.3 is 6.09 Å². The minimum absolute atomic E-state index is 0.165. The molecule has 2 fully saturated rings. The summed E-state index contributed by atoms with van der Waals surface area (Å²) in [6, 6.07) is 0.624. The van der Waals surface area contributed by atoms with Gasteiger partial charge < -0.3 is 15.0 Å². The molecule has 0 aliphatic carbocycles. The lowest BCUT2D eigenvalue weighted by molar-refractivity contribution is -0.00568. The molecule has 0 radical (unpaired) electrons. The summed E-state index contributed by atoms with van der Waals surface area (Å²) in [5, 5.41) is 3.49. The van der Waals surface area contributed by atoms with E-state index < -0.39 is 0 Å². The SMILES string of the molecule is CC(C)(C)OC(=O)N1CC(C2CCCN2)C1. The molecule has 2 heterocycles. The van der Waals surface area contributed by atoms with Gasteiger partial charge in [0.2, 0.25) is 0 Å². The highest BCUT2D eigenvalue weighted by atomic mass is 16.6. The van der Waals surface area contributed by atoms with Crippen molar-refractivity contribution in [3.8, 4) is 0 Å². The van der Waals surface area contributed by atoms with E-state index in [0.717, 1.165) is 19.6 Å². The normalized spacial score (nSPS) is 26.7. The van der Waals surface area contributed by atoms with Gasteiger partial charge in [-0.05, 0) is 40.2 Å². The molecule has 2 aliphatic rings. The standard InChI is InChI=1S/C12H22N2O2/c1-12(2,3)16-11(15)14-7-9(8-14)10-5-4-6-13-10/h9-10,13H,4-8H2,1-3H3. The fourth-order valence-electron chi connectivity index (χ4n) is 2.36. The maximum absolute atomic E-state index is 11.7. The van der Waals surface area contributed by atoms with Crippen LogP contribution in [0.2, 0.25) is 0 Å². The maximum Gasteiger partial charge on any atom is 0.410 e. The molecule has 4 heteroatoms. The van der Waals surface area contributed by atoms with Gasteiger partial charge in [-0.15, -0.1) is 0 Å². The van der Waals surface area contributed by atoms with Gasteiger partial charge in [0, 0.05) is 25.0 Å². The van der Waals surface area contributed by atoms with E-state index in [-0.39, 0.29) is 11.7 Å². The molecule has 92 valence electrons. The topological polar surface area (TPSA) is 41.6 Å². The van der Waals surface area contributed by atoms with Crippen LogP contribution in [0.1, 0.15) is 33.6 Å². The second-order valence-electron chi connectivity index (χ2n) is 5.85. The van der Waals surface area contributed by atoms with Crippen LogP contribution in [0, 0.1) is 5.92 Å². The number of likely N-dealkylation sites (tertiary alicyclic amines) is 1. The van der Waals surface area contributed by atoms with Crippen LogP contribution < -0.4 is 5.32 Å². The minimum Gasteiger partial charge on any atom is -0.444 e. The average Bonchev–Trinajstić information content (AvgIpc) is 2.49. The molecule has 1 atom stereocenters. The third kappa shape index (κ3) is 2.67. The molecule has 0 aromatic heterocycles. The van der Waals surface area contributed by atoms with E-state index >= 15 is 0 Å². The molecule has 2 saturated heterocycles. The average molecular weight is 226 g/mol. The summed E-state index contributed by atoms with van der Waals surface area (Å²) in [7, 11) is 0. The van der Waals surface area contributed by atoms with E-state index in [9.17, 15) is 4.79 Å². The van der Waals surface area contributed by atoms with Crippen molar-refractivity contribution in [2.24, 2.45) is 5.92 Å². The first-order chi connectivity index (χ1) is 7.46. The highest BCUT2D eigenvalue weighted by Crippen LogP contribution is 2.26. The van der Waals surface area contributed by atoms with E-state index in [1.54, 1.807) is 4.90 Å². The Morgan fingerprint density at radius 1 is 1.38 bits per heavy atom. The number of hydrogen-bond acceptors (Lipinski definition) is 3. The van der Waals surface area contributed by atoms with Crippen LogP contribution in [0.3, 0.4) is 0 Å². The molecule has 1 unspecified atom stereocenters. The molecule has 0 spiro atoms. The number of carbonyl (C=O) groups is 1. The van der Waals surface area contributed by atoms with Crippen molar-refractivity contribution in [2.75, 3.05) is 19.6 Å². The lowest BCUT2D eigenvalue weighted by atomic mass is 9.91. The molecule has 1 amide bonds. The molecule has 4 nitrogen and oxygen atoms in total. The summed E-state index contributed by atoms with van der Waals surface area (Å²) in [5.41, 5.74) is -0.381. The summed E-state index contributed by atoms with van der Waals surface area (Å²) in [5.74, 6) is 0.634.